The molecule has 0 radical (unpaired) electrons. The van der Waals surface area contributed by atoms with Gasteiger partial charge in [0.25, 0.3) is 0 Å². The van der Waals surface area contributed by atoms with Gasteiger partial charge in [-0.25, -0.2) is 0 Å². The standard InChI is InChI=1S/C22H45NO2S/c1-19(2,3)12-13-22(9,10)25-15-14-21(7,8)23-18(24)11-16-26-17-20(4,5)6/h11-17H2,1-10H3,(H,23,24). The number of nitrogens with one attached hydrogen (secondary N) is 1. The highest BCUT2D eigenvalue weighted by molar-refractivity contribution is 7.99. The average molecular weight is 388 g/mol. The molecule has 0 aliphatic heterocycles. The van der Waals surface area contributed by atoms with Crippen molar-refractivity contribution in [1.29, 1.82) is 0 Å². The van der Waals surface area contributed by atoms with Gasteiger partial charge in [0.2, 0.25) is 5.91 Å². The average Bonchev–Trinajstić information content (AvgIpc) is 2.39. The van der Waals surface area contributed by atoms with Crippen molar-refractivity contribution in [3.05, 3.63) is 0 Å². The first kappa shape index (κ1) is 25.8. The largest absolute Gasteiger partial charge is 0.375 e. The zero-order chi connectivity index (χ0) is 20.6. The molecule has 26 heavy (non-hydrogen) atoms. The molecular weight excluding hydrogens is 342 g/mol. The van der Waals surface area contributed by atoms with Gasteiger partial charge in [0.1, 0.15) is 0 Å². The molecule has 1 amide bonds. The van der Waals surface area contributed by atoms with E-state index in [1.54, 1.807) is 0 Å². The van der Waals surface area contributed by atoms with E-state index in [0.717, 1.165) is 30.8 Å². The maximum atomic E-state index is 12.2. The van der Waals surface area contributed by atoms with Crippen LogP contribution < -0.4 is 5.32 Å². The molecule has 156 valence electrons. The molecule has 0 aliphatic rings. The topological polar surface area (TPSA) is 38.3 Å². The molecular formula is C22H45NO2S. The third-order valence-electron chi connectivity index (χ3n) is 4.18. The predicted octanol–water partition coefficient (Wildman–Crippen LogP) is 6.06. The van der Waals surface area contributed by atoms with Crippen molar-refractivity contribution in [1.82, 2.24) is 5.32 Å². The number of rotatable bonds is 11. The molecule has 0 unspecified atom stereocenters. The van der Waals surface area contributed by atoms with Crippen molar-refractivity contribution in [2.24, 2.45) is 10.8 Å². The molecule has 4 heteroatoms. The Balaban J connectivity index is 4.11. The molecule has 0 aromatic rings. The summed E-state index contributed by atoms with van der Waals surface area (Å²) in [6.07, 6.45) is 3.61. The molecule has 0 rings (SSSR count). The molecule has 0 aromatic carbocycles. The monoisotopic (exact) mass is 387 g/mol. The number of carbonyl (C=O) groups excluding carboxylic acids is 1. The van der Waals surface area contributed by atoms with Gasteiger partial charge in [-0.2, -0.15) is 11.8 Å². The van der Waals surface area contributed by atoms with Gasteiger partial charge in [-0.1, -0.05) is 41.5 Å². The zero-order valence-electron chi connectivity index (χ0n) is 19.2. The fourth-order valence-electron chi connectivity index (χ4n) is 2.38. The first-order valence-electron chi connectivity index (χ1n) is 10.0. The second kappa shape index (κ2) is 10.4. The van der Waals surface area contributed by atoms with Crippen molar-refractivity contribution >= 4 is 17.7 Å². The third kappa shape index (κ3) is 16.0. The first-order chi connectivity index (χ1) is 11.5. The number of carbonyl (C=O) groups is 1. The van der Waals surface area contributed by atoms with Crippen molar-refractivity contribution in [3.63, 3.8) is 0 Å². The Morgan fingerprint density at radius 2 is 1.42 bits per heavy atom. The molecule has 3 nitrogen and oxygen atoms in total. The van der Waals surface area contributed by atoms with Crippen molar-refractivity contribution in [3.8, 4) is 0 Å². The lowest BCUT2D eigenvalue weighted by atomic mass is 9.86. The van der Waals surface area contributed by atoms with E-state index < -0.39 is 0 Å². The molecule has 0 saturated heterocycles. The molecule has 0 saturated carbocycles. The Bertz CT molecular complexity index is 417. The maximum Gasteiger partial charge on any atom is 0.221 e. The number of amides is 1. The van der Waals surface area contributed by atoms with Gasteiger partial charge in [0.05, 0.1) is 5.60 Å². The first-order valence-corrected chi connectivity index (χ1v) is 11.2. The van der Waals surface area contributed by atoms with E-state index in [1.807, 2.05) is 11.8 Å². The van der Waals surface area contributed by atoms with E-state index in [2.05, 4.69) is 74.6 Å². The SMILES string of the molecule is CC(C)(C)CCC(C)(C)OCCC(C)(C)NC(=O)CCSCC(C)(C)C. The molecule has 0 aromatic heterocycles. The quantitative estimate of drug-likeness (QED) is 0.438. The minimum Gasteiger partial charge on any atom is -0.375 e. The molecule has 0 heterocycles. The van der Waals surface area contributed by atoms with Gasteiger partial charge < -0.3 is 10.1 Å². The molecule has 0 spiro atoms. The summed E-state index contributed by atoms with van der Waals surface area (Å²) in [5.41, 5.74) is 0.305. The van der Waals surface area contributed by atoms with Crippen LogP contribution in [0.15, 0.2) is 0 Å². The molecule has 0 aliphatic carbocycles. The number of hydrogen-bond donors (Lipinski definition) is 1. The van der Waals surface area contributed by atoms with E-state index >= 15 is 0 Å². The fraction of sp³-hybridized carbons (Fsp3) is 0.955. The van der Waals surface area contributed by atoms with Crippen molar-refractivity contribution < 1.29 is 9.53 Å². The Morgan fingerprint density at radius 1 is 0.846 bits per heavy atom. The van der Waals surface area contributed by atoms with E-state index in [1.165, 1.54) is 0 Å². The summed E-state index contributed by atoms with van der Waals surface area (Å²) in [5, 5.41) is 3.16. The van der Waals surface area contributed by atoms with Crippen LogP contribution in [0.5, 0.6) is 0 Å². The Hall–Kier alpha value is -0.220. The lowest BCUT2D eigenvalue weighted by molar-refractivity contribution is -0.122. The highest BCUT2D eigenvalue weighted by Gasteiger charge is 2.25. The van der Waals surface area contributed by atoms with E-state index in [-0.39, 0.29) is 17.0 Å². The molecule has 1 N–H and O–H groups in total. The Labute approximate surface area is 167 Å². The number of hydrogen-bond acceptors (Lipinski definition) is 3. The van der Waals surface area contributed by atoms with Gasteiger partial charge in [-0.3, -0.25) is 4.79 Å². The van der Waals surface area contributed by atoms with Crippen LogP contribution in [0.2, 0.25) is 0 Å². The van der Waals surface area contributed by atoms with Crippen LogP contribution in [-0.4, -0.2) is 35.2 Å². The van der Waals surface area contributed by atoms with Gasteiger partial charge in [0, 0.05) is 24.3 Å². The van der Waals surface area contributed by atoms with Crippen LogP contribution in [-0.2, 0) is 9.53 Å². The van der Waals surface area contributed by atoms with Crippen molar-refractivity contribution in [2.75, 3.05) is 18.1 Å². The summed E-state index contributed by atoms with van der Waals surface area (Å²) in [6, 6.07) is 0. The van der Waals surface area contributed by atoms with Crippen molar-refractivity contribution in [2.45, 2.75) is 106 Å². The number of ether oxygens (including phenoxy) is 1. The molecule has 0 atom stereocenters. The van der Waals surface area contributed by atoms with Crippen LogP contribution in [0, 0.1) is 10.8 Å². The van der Waals surface area contributed by atoms with E-state index in [4.69, 9.17) is 4.74 Å². The zero-order valence-corrected chi connectivity index (χ0v) is 20.0. The highest BCUT2D eigenvalue weighted by Crippen LogP contribution is 2.28. The van der Waals surface area contributed by atoms with Crippen LogP contribution in [0.1, 0.15) is 94.9 Å². The van der Waals surface area contributed by atoms with Crippen LogP contribution >= 0.6 is 11.8 Å². The summed E-state index contributed by atoms with van der Waals surface area (Å²) in [4.78, 5) is 12.2. The van der Waals surface area contributed by atoms with Gasteiger partial charge in [-0.15, -0.1) is 0 Å². The third-order valence-corrected chi connectivity index (χ3v) is 5.75. The lowest BCUT2D eigenvalue weighted by Gasteiger charge is -2.32. The highest BCUT2D eigenvalue weighted by atomic mass is 32.2. The number of thioether (sulfide) groups is 1. The summed E-state index contributed by atoms with van der Waals surface area (Å²) in [6.45, 7) is 22.6. The smallest absolute Gasteiger partial charge is 0.221 e. The Kier molecular flexibility index (Phi) is 10.3. The maximum absolute atomic E-state index is 12.2. The lowest BCUT2D eigenvalue weighted by Crippen LogP contribution is -2.45. The van der Waals surface area contributed by atoms with E-state index in [0.29, 0.717) is 23.9 Å². The second-order valence-corrected chi connectivity index (χ2v) is 12.3. The van der Waals surface area contributed by atoms with E-state index in [9.17, 15) is 4.79 Å². The minimum atomic E-state index is -0.230. The van der Waals surface area contributed by atoms with Crippen LogP contribution in [0.4, 0.5) is 0 Å². The minimum absolute atomic E-state index is 0.114. The molecule has 0 bridgehead atoms. The summed E-state index contributed by atoms with van der Waals surface area (Å²) >= 11 is 1.86. The Morgan fingerprint density at radius 3 is 1.92 bits per heavy atom. The summed E-state index contributed by atoms with van der Waals surface area (Å²) in [7, 11) is 0. The van der Waals surface area contributed by atoms with Gasteiger partial charge in [-0.05, 0) is 63.5 Å². The fourth-order valence-corrected chi connectivity index (χ4v) is 3.46. The predicted molar refractivity (Wildman–Crippen MR) is 117 cm³/mol. The molecule has 0 fully saturated rings. The van der Waals surface area contributed by atoms with Gasteiger partial charge in [0.15, 0.2) is 0 Å². The van der Waals surface area contributed by atoms with Crippen LogP contribution in [0.3, 0.4) is 0 Å². The summed E-state index contributed by atoms with van der Waals surface area (Å²) < 4.78 is 6.12. The summed E-state index contributed by atoms with van der Waals surface area (Å²) in [5.74, 6) is 2.11. The van der Waals surface area contributed by atoms with Gasteiger partial charge >= 0.3 is 0 Å². The normalized spacial score (nSPS) is 13.8. The van der Waals surface area contributed by atoms with Crippen LogP contribution in [0.25, 0.3) is 0 Å². The second-order valence-electron chi connectivity index (χ2n) is 11.2.